The van der Waals surface area contributed by atoms with Gasteiger partial charge in [0.25, 0.3) is 5.92 Å². The third-order valence-electron chi connectivity index (χ3n) is 6.17. The summed E-state index contributed by atoms with van der Waals surface area (Å²) in [6.07, 6.45) is 6.95. The molecule has 1 aliphatic carbocycles. The van der Waals surface area contributed by atoms with Crippen molar-refractivity contribution in [2.45, 2.75) is 57.0 Å². The van der Waals surface area contributed by atoms with Crippen LogP contribution in [0.3, 0.4) is 0 Å². The number of aromatic nitrogens is 4. The largest absolute Gasteiger partial charge is 0.338 e. The lowest BCUT2D eigenvalue weighted by atomic mass is 10.1. The van der Waals surface area contributed by atoms with E-state index in [1.165, 1.54) is 0 Å². The van der Waals surface area contributed by atoms with Gasteiger partial charge in [0, 0.05) is 36.3 Å². The van der Waals surface area contributed by atoms with E-state index in [-0.39, 0.29) is 12.1 Å². The van der Waals surface area contributed by atoms with Crippen molar-refractivity contribution in [2.24, 2.45) is 0 Å². The first-order valence-electron chi connectivity index (χ1n) is 9.84. The van der Waals surface area contributed by atoms with Gasteiger partial charge in [-0.2, -0.15) is 13.9 Å². The van der Waals surface area contributed by atoms with Gasteiger partial charge in [-0.1, -0.05) is 0 Å². The summed E-state index contributed by atoms with van der Waals surface area (Å²) in [6.45, 7) is 4.85. The fraction of sp³-hybridized carbons (Fsp3) is 0.632. The van der Waals surface area contributed by atoms with Crippen LogP contribution in [-0.2, 0) is 12.3 Å². The monoisotopic (exact) mass is 374 g/mol. The summed E-state index contributed by atoms with van der Waals surface area (Å²) in [6, 6.07) is 0.648. The molecule has 2 aromatic heterocycles. The molecule has 1 N–H and O–H groups in total. The topological polar surface area (TPSA) is 58.9 Å². The SMILES string of the molecule is C[C@H]1CCN1c1nc(-c2cnn(C3CCNCC3)c2)c2c(n1)C(F)(F)CC2. The van der Waals surface area contributed by atoms with Gasteiger partial charge in [0.05, 0.1) is 17.9 Å². The first-order chi connectivity index (χ1) is 13.0. The zero-order chi connectivity index (χ0) is 18.6. The van der Waals surface area contributed by atoms with Crippen LogP contribution in [0.25, 0.3) is 11.3 Å². The minimum atomic E-state index is -2.87. The third-order valence-corrected chi connectivity index (χ3v) is 6.17. The number of nitrogens with zero attached hydrogens (tertiary/aromatic N) is 5. The number of piperidine rings is 1. The Labute approximate surface area is 157 Å². The highest BCUT2D eigenvalue weighted by Crippen LogP contribution is 2.44. The predicted octanol–water partition coefficient (Wildman–Crippen LogP) is 2.90. The Kier molecular flexibility index (Phi) is 3.93. The molecule has 8 heteroatoms. The normalized spacial score (nSPS) is 24.7. The lowest BCUT2D eigenvalue weighted by molar-refractivity contribution is -0.00595. The van der Waals surface area contributed by atoms with E-state index in [0.717, 1.165) is 44.5 Å². The van der Waals surface area contributed by atoms with Crippen LogP contribution < -0.4 is 10.2 Å². The Balaban J connectivity index is 1.56. The zero-order valence-corrected chi connectivity index (χ0v) is 15.5. The molecule has 144 valence electrons. The van der Waals surface area contributed by atoms with E-state index in [1.54, 1.807) is 6.20 Å². The second kappa shape index (κ2) is 6.22. The number of rotatable bonds is 3. The van der Waals surface area contributed by atoms with Crippen LogP contribution in [0.5, 0.6) is 0 Å². The van der Waals surface area contributed by atoms with Gasteiger partial charge in [-0.25, -0.2) is 9.97 Å². The number of hydrogen-bond acceptors (Lipinski definition) is 5. The standard InChI is InChI=1S/C19H24F2N6/c1-12-5-9-26(12)18-24-16(15-2-6-19(20,21)17(15)25-18)13-10-23-27(11-13)14-3-7-22-8-4-14/h10-12,14,22H,2-9H2,1H3/t12-/m0/s1. The molecular formula is C19H24F2N6. The van der Waals surface area contributed by atoms with Gasteiger partial charge in [0.2, 0.25) is 5.95 Å². The maximum Gasteiger partial charge on any atom is 0.290 e. The molecule has 0 amide bonds. The Hall–Kier alpha value is -2.09. The smallest absolute Gasteiger partial charge is 0.290 e. The molecule has 4 heterocycles. The lowest BCUT2D eigenvalue weighted by Crippen LogP contribution is -2.47. The number of alkyl halides is 2. The maximum atomic E-state index is 14.5. The highest BCUT2D eigenvalue weighted by atomic mass is 19.3. The number of anilines is 1. The third kappa shape index (κ3) is 2.81. The van der Waals surface area contributed by atoms with Crippen molar-refractivity contribution in [1.29, 1.82) is 0 Å². The summed E-state index contributed by atoms with van der Waals surface area (Å²) in [5.41, 5.74) is 1.95. The quantitative estimate of drug-likeness (QED) is 0.895. The molecule has 2 aliphatic heterocycles. The van der Waals surface area contributed by atoms with E-state index in [0.29, 0.717) is 35.7 Å². The van der Waals surface area contributed by atoms with E-state index >= 15 is 0 Å². The average molecular weight is 374 g/mol. The molecule has 0 bridgehead atoms. The first-order valence-corrected chi connectivity index (χ1v) is 9.84. The molecule has 2 fully saturated rings. The minimum Gasteiger partial charge on any atom is -0.338 e. The zero-order valence-electron chi connectivity index (χ0n) is 15.5. The van der Waals surface area contributed by atoms with Crippen molar-refractivity contribution in [2.75, 3.05) is 24.5 Å². The summed E-state index contributed by atoms with van der Waals surface area (Å²) in [4.78, 5) is 11.0. The van der Waals surface area contributed by atoms with Crippen molar-refractivity contribution < 1.29 is 8.78 Å². The Morgan fingerprint density at radius 2 is 2.00 bits per heavy atom. The number of nitrogens with one attached hydrogen (secondary N) is 1. The molecule has 0 unspecified atom stereocenters. The molecule has 5 rings (SSSR count). The Morgan fingerprint density at radius 1 is 1.19 bits per heavy atom. The van der Waals surface area contributed by atoms with Crippen molar-refractivity contribution >= 4 is 5.95 Å². The number of hydrogen-bond donors (Lipinski definition) is 1. The van der Waals surface area contributed by atoms with Gasteiger partial charge in [-0.05, 0) is 45.7 Å². The Bertz CT molecular complexity index is 858. The van der Waals surface area contributed by atoms with E-state index in [4.69, 9.17) is 4.98 Å². The van der Waals surface area contributed by atoms with Crippen LogP contribution in [-0.4, -0.2) is 45.4 Å². The van der Waals surface area contributed by atoms with Crippen molar-refractivity contribution in [3.63, 3.8) is 0 Å². The van der Waals surface area contributed by atoms with Crippen LogP contribution in [0.2, 0.25) is 0 Å². The van der Waals surface area contributed by atoms with Crippen LogP contribution in [0.4, 0.5) is 14.7 Å². The lowest BCUT2D eigenvalue weighted by Gasteiger charge is -2.39. The molecule has 0 spiro atoms. The summed E-state index contributed by atoms with van der Waals surface area (Å²) < 4.78 is 30.9. The molecule has 3 aliphatic rings. The van der Waals surface area contributed by atoms with Crippen LogP contribution in [0.15, 0.2) is 12.4 Å². The molecule has 27 heavy (non-hydrogen) atoms. The second-order valence-corrected chi connectivity index (χ2v) is 7.93. The van der Waals surface area contributed by atoms with Crippen molar-refractivity contribution in [1.82, 2.24) is 25.1 Å². The van der Waals surface area contributed by atoms with E-state index in [9.17, 15) is 8.78 Å². The average Bonchev–Trinajstić information content (AvgIpc) is 3.26. The maximum absolute atomic E-state index is 14.5. The van der Waals surface area contributed by atoms with Crippen molar-refractivity contribution in [3.8, 4) is 11.3 Å². The van der Waals surface area contributed by atoms with E-state index in [1.807, 2.05) is 15.8 Å². The van der Waals surface area contributed by atoms with Gasteiger partial charge in [-0.15, -0.1) is 0 Å². The fourth-order valence-corrected chi connectivity index (χ4v) is 4.32. The molecule has 0 radical (unpaired) electrons. The first kappa shape index (κ1) is 17.0. The summed E-state index contributed by atoms with van der Waals surface area (Å²) in [7, 11) is 0. The Morgan fingerprint density at radius 3 is 2.70 bits per heavy atom. The molecule has 0 saturated carbocycles. The predicted molar refractivity (Wildman–Crippen MR) is 98.0 cm³/mol. The van der Waals surface area contributed by atoms with Gasteiger partial charge < -0.3 is 10.2 Å². The highest BCUT2D eigenvalue weighted by molar-refractivity contribution is 5.66. The van der Waals surface area contributed by atoms with Gasteiger partial charge in [0.15, 0.2) is 0 Å². The minimum absolute atomic E-state index is 0.0868. The van der Waals surface area contributed by atoms with Crippen molar-refractivity contribution in [3.05, 3.63) is 23.7 Å². The van der Waals surface area contributed by atoms with Gasteiger partial charge >= 0.3 is 0 Å². The molecule has 6 nitrogen and oxygen atoms in total. The molecule has 2 saturated heterocycles. The number of halogens is 2. The van der Waals surface area contributed by atoms with E-state index < -0.39 is 5.92 Å². The van der Waals surface area contributed by atoms with E-state index in [2.05, 4.69) is 22.3 Å². The molecular weight excluding hydrogens is 350 g/mol. The highest BCUT2D eigenvalue weighted by Gasteiger charge is 2.44. The van der Waals surface area contributed by atoms with Crippen LogP contribution in [0.1, 0.15) is 49.9 Å². The number of fused-ring (bicyclic) bond motifs is 1. The summed E-state index contributed by atoms with van der Waals surface area (Å²) in [5.74, 6) is -2.44. The summed E-state index contributed by atoms with van der Waals surface area (Å²) in [5, 5.41) is 7.88. The van der Waals surface area contributed by atoms with Crippen LogP contribution >= 0.6 is 0 Å². The fourth-order valence-electron chi connectivity index (χ4n) is 4.32. The molecule has 2 aromatic rings. The molecule has 1 atom stereocenters. The van der Waals surface area contributed by atoms with Crippen LogP contribution in [0, 0.1) is 0 Å². The summed E-state index contributed by atoms with van der Waals surface area (Å²) >= 11 is 0. The molecule has 0 aromatic carbocycles. The van der Waals surface area contributed by atoms with Gasteiger partial charge in [0.1, 0.15) is 5.69 Å². The van der Waals surface area contributed by atoms with Gasteiger partial charge in [-0.3, -0.25) is 4.68 Å². The second-order valence-electron chi connectivity index (χ2n) is 7.93.